The van der Waals surface area contributed by atoms with Crippen molar-refractivity contribution in [3.63, 3.8) is 0 Å². The van der Waals surface area contributed by atoms with Gasteiger partial charge in [-0.25, -0.2) is 4.98 Å². The lowest BCUT2D eigenvalue weighted by Crippen LogP contribution is -2.09. The molecule has 142 valence electrons. The molecule has 0 aliphatic rings. The summed E-state index contributed by atoms with van der Waals surface area (Å²) >= 11 is 0. The molecule has 1 aromatic carbocycles. The summed E-state index contributed by atoms with van der Waals surface area (Å²) in [7, 11) is 1.65. The number of rotatable bonds is 9. The highest BCUT2D eigenvalue weighted by Gasteiger charge is 2.10. The predicted octanol–water partition coefficient (Wildman–Crippen LogP) is 3.72. The number of aryl methyl sites for hydroxylation is 2. The van der Waals surface area contributed by atoms with Crippen LogP contribution in [0.2, 0.25) is 0 Å². The van der Waals surface area contributed by atoms with E-state index in [4.69, 9.17) is 15.0 Å². The van der Waals surface area contributed by atoms with Gasteiger partial charge in [0.2, 0.25) is 5.95 Å². The Hall–Kier alpha value is -3.09. The number of aromatic nitrogens is 3. The van der Waals surface area contributed by atoms with Crippen LogP contribution in [-0.4, -0.2) is 28.8 Å². The molecular weight excluding hydrogens is 342 g/mol. The van der Waals surface area contributed by atoms with Gasteiger partial charge in [0.15, 0.2) is 0 Å². The summed E-state index contributed by atoms with van der Waals surface area (Å²) in [5.41, 5.74) is 8.54. The Balaban J connectivity index is 1.66. The molecule has 2 aromatic heterocycles. The molecule has 0 aliphatic carbocycles. The fourth-order valence-electron chi connectivity index (χ4n) is 2.73. The second-order valence-electron chi connectivity index (χ2n) is 6.29. The third-order valence-electron chi connectivity index (χ3n) is 4.29. The molecule has 0 atom stereocenters. The number of unbranched alkanes of at least 4 members (excludes halogenated alkanes) is 1. The first kappa shape index (κ1) is 18.7. The fraction of sp³-hybridized carbons (Fsp3) is 0.350. The molecule has 0 aliphatic heterocycles. The molecule has 0 fully saturated rings. The SMILES string of the molecule is CCCCNc1nc(N)ncc1CCc1cc(-c2ccc(OC)cc2)no1. The lowest BCUT2D eigenvalue weighted by molar-refractivity contribution is 0.385. The van der Waals surface area contributed by atoms with E-state index in [-0.39, 0.29) is 5.95 Å². The van der Waals surface area contributed by atoms with E-state index < -0.39 is 0 Å². The Labute approximate surface area is 159 Å². The molecule has 3 rings (SSSR count). The zero-order valence-electron chi connectivity index (χ0n) is 15.7. The quantitative estimate of drug-likeness (QED) is 0.556. The van der Waals surface area contributed by atoms with Gasteiger partial charge < -0.3 is 20.3 Å². The molecule has 27 heavy (non-hydrogen) atoms. The van der Waals surface area contributed by atoms with E-state index in [0.29, 0.717) is 6.42 Å². The second kappa shape index (κ2) is 9.02. The van der Waals surface area contributed by atoms with Gasteiger partial charge in [-0.05, 0) is 37.1 Å². The van der Waals surface area contributed by atoms with Crippen molar-refractivity contribution in [2.75, 3.05) is 24.7 Å². The number of hydrogen-bond donors (Lipinski definition) is 2. The molecule has 0 radical (unpaired) electrons. The van der Waals surface area contributed by atoms with Crippen molar-refractivity contribution in [1.29, 1.82) is 0 Å². The molecule has 3 aromatic rings. The fourth-order valence-corrected chi connectivity index (χ4v) is 2.73. The molecule has 0 unspecified atom stereocenters. The van der Waals surface area contributed by atoms with Gasteiger partial charge in [-0.2, -0.15) is 4.98 Å². The summed E-state index contributed by atoms with van der Waals surface area (Å²) < 4.78 is 10.7. The largest absolute Gasteiger partial charge is 0.497 e. The lowest BCUT2D eigenvalue weighted by Gasteiger charge is -2.10. The van der Waals surface area contributed by atoms with Crippen molar-refractivity contribution < 1.29 is 9.26 Å². The first-order valence-corrected chi connectivity index (χ1v) is 9.15. The van der Waals surface area contributed by atoms with Gasteiger partial charge in [0, 0.05) is 36.4 Å². The van der Waals surface area contributed by atoms with E-state index in [1.807, 2.05) is 30.3 Å². The number of nitrogens with one attached hydrogen (secondary N) is 1. The number of nitrogens with zero attached hydrogens (tertiary/aromatic N) is 3. The smallest absolute Gasteiger partial charge is 0.221 e. The Kier molecular flexibility index (Phi) is 6.25. The van der Waals surface area contributed by atoms with Crippen molar-refractivity contribution in [3.8, 4) is 17.0 Å². The molecule has 0 saturated heterocycles. The summed E-state index contributed by atoms with van der Waals surface area (Å²) in [6.45, 7) is 3.02. The van der Waals surface area contributed by atoms with E-state index >= 15 is 0 Å². The van der Waals surface area contributed by atoms with Crippen LogP contribution in [0.3, 0.4) is 0 Å². The normalized spacial score (nSPS) is 10.7. The highest BCUT2D eigenvalue weighted by Crippen LogP contribution is 2.23. The second-order valence-corrected chi connectivity index (χ2v) is 6.29. The van der Waals surface area contributed by atoms with E-state index in [2.05, 4.69) is 27.4 Å². The summed E-state index contributed by atoms with van der Waals surface area (Å²) in [6, 6.07) is 9.70. The summed E-state index contributed by atoms with van der Waals surface area (Å²) in [4.78, 5) is 8.44. The van der Waals surface area contributed by atoms with Crippen molar-refractivity contribution in [2.24, 2.45) is 0 Å². The molecule has 7 nitrogen and oxygen atoms in total. The minimum Gasteiger partial charge on any atom is -0.497 e. The van der Waals surface area contributed by atoms with E-state index in [0.717, 1.165) is 60.0 Å². The molecule has 7 heteroatoms. The lowest BCUT2D eigenvalue weighted by atomic mass is 10.1. The number of hydrogen-bond acceptors (Lipinski definition) is 7. The number of anilines is 2. The van der Waals surface area contributed by atoms with E-state index in [9.17, 15) is 0 Å². The minimum absolute atomic E-state index is 0.277. The third-order valence-corrected chi connectivity index (χ3v) is 4.29. The Bertz CT molecular complexity index is 861. The van der Waals surface area contributed by atoms with Gasteiger partial charge >= 0.3 is 0 Å². The zero-order chi connectivity index (χ0) is 19.1. The molecule has 0 saturated carbocycles. The van der Waals surface area contributed by atoms with Gasteiger partial charge in [0.05, 0.1) is 7.11 Å². The molecule has 0 bridgehead atoms. The Morgan fingerprint density at radius 3 is 2.74 bits per heavy atom. The van der Waals surface area contributed by atoms with E-state index in [1.165, 1.54) is 0 Å². The number of nitrogens with two attached hydrogens (primary N) is 1. The van der Waals surface area contributed by atoms with Gasteiger partial charge in [-0.3, -0.25) is 0 Å². The molecule has 0 spiro atoms. The standard InChI is InChI=1S/C20H25N5O2/c1-3-4-11-22-19-15(13-23-20(21)24-19)7-10-17-12-18(25-27-17)14-5-8-16(26-2)9-6-14/h5-6,8-9,12-13H,3-4,7,10-11H2,1-2H3,(H3,21,22,23,24). The van der Waals surface area contributed by atoms with Crippen LogP contribution >= 0.6 is 0 Å². The third kappa shape index (κ3) is 4.97. The van der Waals surface area contributed by atoms with Crippen LogP contribution in [0.1, 0.15) is 31.1 Å². The maximum absolute atomic E-state index is 5.73. The van der Waals surface area contributed by atoms with Crippen molar-refractivity contribution >= 4 is 11.8 Å². The van der Waals surface area contributed by atoms with E-state index in [1.54, 1.807) is 13.3 Å². The minimum atomic E-state index is 0.277. The van der Waals surface area contributed by atoms with Gasteiger partial charge in [0.1, 0.15) is 23.0 Å². The molecule has 2 heterocycles. The first-order chi connectivity index (χ1) is 13.2. The van der Waals surface area contributed by atoms with Crippen LogP contribution in [0.15, 0.2) is 41.1 Å². The highest BCUT2D eigenvalue weighted by molar-refractivity contribution is 5.59. The molecule has 0 amide bonds. The molecular formula is C20H25N5O2. The first-order valence-electron chi connectivity index (χ1n) is 9.15. The summed E-state index contributed by atoms with van der Waals surface area (Å²) in [5, 5.41) is 7.51. The maximum atomic E-state index is 5.73. The summed E-state index contributed by atoms with van der Waals surface area (Å²) in [6.07, 6.45) is 5.42. The summed E-state index contributed by atoms with van der Waals surface area (Å²) in [5.74, 6) is 2.70. The van der Waals surface area contributed by atoms with Crippen LogP contribution in [-0.2, 0) is 12.8 Å². The van der Waals surface area contributed by atoms with Gasteiger partial charge in [-0.15, -0.1) is 0 Å². The van der Waals surface area contributed by atoms with Crippen LogP contribution < -0.4 is 15.8 Å². The average molecular weight is 367 g/mol. The van der Waals surface area contributed by atoms with Crippen LogP contribution in [0, 0.1) is 0 Å². The van der Waals surface area contributed by atoms with Gasteiger partial charge in [-0.1, -0.05) is 18.5 Å². The van der Waals surface area contributed by atoms with Crippen LogP contribution in [0.4, 0.5) is 11.8 Å². The number of ether oxygens (including phenoxy) is 1. The molecule has 3 N–H and O–H groups in total. The zero-order valence-corrected chi connectivity index (χ0v) is 15.7. The monoisotopic (exact) mass is 367 g/mol. The highest BCUT2D eigenvalue weighted by atomic mass is 16.5. The van der Waals surface area contributed by atoms with Crippen LogP contribution in [0.25, 0.3) is 11.3 Å². The number of nitrogen functional groups attached to an aromatic ring is 1. The van der Waals surface area contributed by atoms with Crippen molar-refractivity contribution in [3.05, 3.63) is 47.9 Å². The maximum Gasteiger partial charge on any atom is 0.221 e. The predicted molar refractivity (Wildman–Crippen MR) is 106 cm³/mol. The number of methoxy groups -OCH3 is 1. The Morgan fingerprint density at radius 1 is 1.19 bits per heavy atom. The van der Waals surface area contributed by atoms with Crippen molar-refractivity contribution in [1.82, 2.24) is 15.1 Å². The Morgan fingerprint density at radius 2 is 2.00 bits per heavy atom. The topological polar surface area (TPSA) is 99.1 Å². The van der Waals surface area contributed by atoms with Crippen molar-refractivity contribution in [2.45, 2.75) is 32.6 Å². The average Bonchev–Trinajstić information content (AvgIpc) is 3.17. The number of benzene rings is 1. The van der Waals surface area contributed by atoms with Crippen LogP contribution in [0.5, 0.6) is 5.75 Å². The van der Waals surface area contributed by atoms with Gasteiger partial charge in [0.25, 0.3) is 0 Å².